The Morgan fingerprint density at radius 1 is 1.71 bits per heavy atom. The summed E-state index contributed by atoms with van der Waals surface area (Å²) < 4.78 is 11.8. The van der Waals surface area contributed by atoms with Crippen LogP contribution in [0.25, 0.3) is 0 Å². The zero-order valence-corrected chi connectivity index (χ0v) is 10.2. The Morgan fingerprint density at radius 2 is 2.57 bits per heavy atom. The molecule has 78 valence electrons. The van der Waals surface area contributed by atoms with E-state index in [0.29, 0.717) is 6.61 Å². The van der Waals surface area contributed by atoms with E-state index in [2.05, 4.69) is 32.8 Å². The lowest BCUT2D eigenvalue weighted by Crippen LogP contribution is -2.21. The SMILES string of the molecule is COC[C@@H]1Cc2[nH]nc(I)c2CCO1. The highest BCUT2D eigenvalue weighted by Crippen LogP contribution is 2.20. The zero-order valence-electron chi connectivity index (χ0n) is 8.05. The van der Waals surface area contributed by atoms with Gasteiger partial charge < -0.3 is 9.47 Å². The largest absolute Gasteiger partial charge is 0.382 e. The molecule has 1 aromatic heterocycles. The van der Waals surface area contributed by atoms with Gasteiger partial charge in [-0.1, -0.05) is 0 Å². The monoisotopic (exact) mass is 308 g/mol. The van der Waals surface area contributed by atoms with Crippen LogP contribution in [-0.2, 0) is 22.3 Å². The van der Waals surface area contributed by atoms with Crippen molar-refractivity contribution in [3.05, 3.63) is 15.0 Å². The fourth-order valence-corrected chi connectivity index (χ4v) is 2.42. The van der Waals surface area contributed by atoms with Crippen LogP contribution < -0.4 is 0 Å². The van der Waals surface area contributed by atoms with E-state index in [1.165, 1.54) is 11.3 Å². The van der Waals surface area contributed by atoms with Gasteiger partial charge >= 0.3 is 0 Å². The Morgan fingerprint density at radius 3 is 3.36 bits per heavy atom. The maximum atomic E-state index is 5.66. The molecule has 1 aliphatic rings. The number of H-pyrrole nitrogens is 1. The van der Waals surface area contributed by atoms with E-state index in [1.807, 2.05) is 0 Å². The molecule has 4 nitrogen and oxygen atoms in total. The topological polar surface area (TPSA) is 47.1 Å². The normalized spacial score (nSPS) is 21.7. The fraction of sp³-hybridized carbons (Fsp3) is 0.667. The first-order valence-electron chi connectivity index (χ1n) is 4.63. The van der Waals surface area contributed by atoms with Crippen molar-refractivity contribution < 1.29 is 9.47 Å². The molecule has 1 aromatic rings. The quantitative estimate of drug-likeness (QED) is 0.834. The molecule has 0 amide bonds. The van der Waals surface area contributed by atoms with Gasteiger partial charge in [-0.3, -0.25) is 5.10 Å². The molecule has 0 radical (unpaired) electrons. The summed E-state index contributed by atoms with van der Waals surface area (Å²) in [4.78, 5) is 0. The van der Waals surface area contributed by atoms with E-state index in [9.17, 15) is 0 Å². The van der Waals surface area contributed by atoms with Crippen molar-refractivity contribution in [1.82, 2.24) is 10.2 Å². The van der Waals surface area contributed by atoms with Gasteiger partial charge in [0.2, 0.25) is 0 Å². The lowest BCUT2D eigenvalue weighted by atomic mass is 10.1. The average Bonchev–Trinajstić information content (AvgIpc) is 2.41. The summed E-state index contributed by atoms with van der Waals surface area (Å²) in [7, 11) is 1.70. The van der Waals surface area contributed by atoms with E-state index in [0.717, 1.165) is 23.1 Å². The summed E-state index contributed by atoms with van der Waals surface area (Å²) in [6, 6.07) is 0. The van der Waals surface area contributed by atoms with Crippen molar-refractivity contribution >= 4 is 22.6 Å². The van der Waals surface area contributed by atoms with E-state index in [4.69, 9.17) is 9.47 Å². The van der Waals surface area contributed by atoms with Gasteiger partial charge in [0.1, 0.15) is 3.70 Å². The predicted octanol–water partition coefficient (Wildman–Crippen LogP) is 1.14. The molecule has 0 aliphatic carbocycles. The number of halogens is 1. The molecule has 2 rings (SSSR count). The molecule has 1 N–H and O–H groups in total. The lowest BCUT2D eigenvalue weighted by Gasteiger charge is -2.12. The van der Waals surface area contributed by atoms with Crippen molar-refractivity contribution in [1.29, 1.82) is 0 Å². The Balaban J connectivity index is 2.14. The summed E-state index contributed by atoms with van der Waals surface area (Å²) in [5.41, 5.74) is 2.51. The van der Waals surface area contributed by atoms with Gasteiger partial charge in [0.25, 0.3) is 0 Å². The van der Waals surface area contributed by atoms with Gasteiger partial charge in [0.15, 0.2) is 0 Å². The molecule has 1 atom stereocenters. The van der Waals surface area contributed by atoms with Crippen LogP contribution in [0.1, 0.15) is 11.3 Å². The average molecular weight is 308 g/mol. The molecule has 0 unspecified atom stereocenters. The van der Waals surface area contributed by atoms with Crippen molar-refractivity contribution in [2.75, 3.05) is 20.3 Å². The van der Waals surface area contributed by atoms with Gasteiger partial charge in [-0.05, 0) is 22.6 Å². The summed E-state index contributed by atoms with van der Waals surface area (Å²) in [6.45, 7) is 1.41. The second-order valence-electron chi connectivity index (χ2n) is 3.37. The molecule has 1 aliphatic heterocycles. The second-order valence-corrected chi connectivity index (χ2v) is 4.40. The maximum absolute atomic E-state index is 5.66. The molecule has 2 heterocycles. The highest BCUT2D eigenvalue weighted by molar-refractivity contribution is 14.1. The molecule has 0 saturated carbocycles. The molecular formula is C9H13IN2O2. The van der Waals surface area contributed by atoms with E-state index in [1.54, 1.807) is 7.11 Å². The number of rotatable bonds is 2. The molecule has 0 saturated heterocycles. The van der Waals surface area contributed by atoms with Crippen molar-refractivity contribution in [2.45, 2.75) is 18.9 Å². The minimum absolute atomic E-state index is 0.164. The lowest BCUT2D eigenvalue weighted by molar-refractivity contribution is 0.00335. The molecule has 0 fully saturated rings. The fourth-order valence-electron chi connectivity index (χ4n) is 1.71. The van der Waals surface area contributed by atoms with Crippen LogP contribution in [0.2, 0.25) is 0 Å². The third-order valence-electron chi connectivity index (χ3n) is 2.39. The highest BCUT2D eigenvalue weighted by atomic mass is 127. The number of ether oxygens (including phenoxy) is 2. The van der Waals surface area contributed by atoms with E-state index < -0.39 is 0 Å². The third-order valence-corrected chi connectivity index (χ3v) is 3.28. The predicted molar refractivity (Wildman–Crippen MR) is 60.3 cm³/mol. The van der Waals surface area contributed by atoms with Gasteiger partial charge in [-0.15, -0.1) is 0 Å². The highest BCUT2D eigenvalue weighted by Gasteiger charge is 2.20. The number of aromatic nitrogens is 2. The number of methoxy groups -OCH3 is 1. The minimum atomic E-state index is 0.164. The minimum Gasteiger partial charge on any atom is -0.382 e. The summed E-state index contributed by atoms with van der Waals surface area (Å²) in [5, 5.41) is 7.26. The number of hydrogen-bond acceptors (Lipinski definition) is 3. The van der Waals surface area contributed by atoms with E-state index in [-0.39, 0.29) is 6.10 Å². The van der Waals surface area contributed by atoms with Crippen molar-refractivity contribution in [2.24, 2.45) is 0 Å². The summed E-state index contributed by atoms with van der Waals surface area (Å²) >= 11 is 2.25. The summed E-state index contributed by atoms with van der Waals surface area (Å²) in [6.07, 6.45) is 1.99. The van der Waals surface area contributed by atoms with Crippen LogP contribution in [0.5, 0.6) is 0 Å². The maximum Gasteiger partial charge on any atom is 0.126 e. The Labute approximate surface area is 96.5 Å². The number of aromatic amines is 1. The first-order chi connectivity index (χ1) is 6.81. The van der Waals surface area contributed by atoms with Crippen LogP contribution in [0.3, 0.4) is 0 Å². The van der Waals surface area contributed by atoms with Gasteiger partial charge in [0.05, 0.1) is 19.3 Å². The van der Waals surface area contributed by atoms with E-state index >= 15 is 0 Å². The molecule has 0 aromatic carbocycles. The van der Waals surface area contributed by atoms with Crippen molar-refractivity contribution in [3.63, 3.8) is 0 Å². The summed E-state index contributed by atoms with van der Waals surface area (Å²) in [5.74, 6) is 0. The number of nitrogens with one attached hydrogen (secondary N) is 1. The first kappa shape index (κ1) is 10.4. The third kappa shape index (κ3) is 2.09. The van der Waals surface area contributed by atoms with Crippen LogP contribution in [-0.4, -0.2) is 36.6 Å². The molecule has 0 bridgehead atoms. The molecular weight excluding hydrogens is 295 g/mol. The Bertz CT molecular complexity index is 314. The van der Waals surface area contributed by atoms with Crippen LogP contribution in [0.4, 0.5) is 0 Å². The van der Waals surface area contributed by atoms with Gasteiger partial charge in [-0.25, -0.2) is 0 Å². The molecule has 0 spiro atoms. The second kappa shape index (κ2) is 4.59. The van der Waals surface area contributed by atoms with Crippen LogP contribution >= 0.6 is 22.6 Å². The Hall–Kier alpha value is -0.140. The van der Waals surface area contributed by atoms with Crippen LogP contribution in [0.15, 0.2) is 0 Å². The van der Waals surface area contributed by atoms with Gasteiger partial charge in [0, 0.05) is 31.2 Å². The standard InChI is InChI=1S/C9H13IN2O2/c1-13-5-6-4-8-7(2-3-14-6)9(10)12-11-8/h6H,2-5H2,1H3,(H,11,12)/t6-/m0/s1. The zero-order chi connectivity index (χ0) is 9.97. The molecule has 5 heteroatoms. The first-order valence-corrected chi connectivity index (χ1v) is 5.71. The Kier molecular flexibility index (Phi) is 3.40. The number of nitrogens with zero attached hydrogens (tertiary/aromatic N) is 1. The number of fused-ring (bicyclic) bond motifs is 1. The smallest absolute Gasteiger partial charge is 0.126 e. The van der Waals surface area contributed by atoms with Crippen molar-refractivity contribution in [3.8, 4) is 0 Å². The van der Waals surface area contributed by atoms with Crippen LogP contribution in [0, 0.1) is 3.70 Å². The van der Waals surface area contributed by atoms with Gasteiger partial charge in [-0.2, -0.15) is 5.10 Å². The number of hydrogen-bond donors (Lipinski definition) is 1. The molecule has 14 heavy (non-hydrogen) atoms.